The van der Waals surface area contributed by atoms with Crippen molar-refractivity contribution in [1.82, 2.24) is 9.66 Å². The van der Waals surface area contributed by atoms with E-state index >= 15 is 0 Å². The van der Waals surface area contributed by atoms with Gasteiger partial charge in [-0.05, 0) is 44.2 Å². The van der Waals surface area contributed by atoms with Gasteiger partial charge in [-0.2, -0.15) is 9.78 Å². The van der Waals surface area contributed by atoms with Crippen LogP contribution in [-0.2, 0) is 14.9 Å². The van der Waals surface area contributed by atoms with Crippen LogP contribution in [0.15, 0.2) is 44.7 Å². The second kappa shape index (κ2) is 11.1. The highest BCUT2D eigenvalue weighted by Gasteiger charge is 2.24. The van der Waals surface area contributed by atoms with E-state index < -0.39 is 17.5 Å². The molecule has 3 rings (SSSR count). The summed E-state index contributed by atoms with van der Waals surface area (Å²) in [6.45, 7) is 9.45. The lowest BCUT2D eigenvalue weighted by Crippen LogP contribution is -2.29. The van der Waals surface area contributed by atoms with Gasteiger partial charge in [-0.3, -0.25) is 4.79 Å². The number of methoxy groups -OCH3 is 2. The van der Waals surface area contributed by atoms with Crippen molar-refractivity contribution in [3.63, 3.8) is 0 Å². The van der Waals surface area contributed by atoms with Crippen LogP contribution in [-0.4, -0.2) is 48.8 Å². The fraction of sp³-hybridized carbons (Fsp3) is 0.385. The van der Waals surface area contributed by atoms with E-state index in [1.165, 1.54) is 25.1 Å². The average Bonchev–Trinajstić information content (AvgIpc) is 2.83. The lowest BCUT2D eigenvalue weighted by Gasteiger charge is -2.21. The summed E-state index contributed by atoms with van der Waals surface area (Å²) >= 11 is 3.41. The van der Waals surface area contributed by atoms with Gasteiger partial charge in [-0.1, -0.05) is 36.7 Å². The van der Waals surface area contributed by atoms with Crippen LogP contribution in [0, 0.1) is 0 Å². The molecule has 0 N–H and O–H groups in total. The largest absolute Gasteiger partial charge is 0.493 e. The standard InChI is InChI=1S/C26H30BrN3O6/c1-8-35-24(32)15(2)36-22-20(33-6)11-16(12-21(22)34-7)14-28-30-23(31)18-13-17(27)9-10-19(18)29-25(30)26(3,4)5/h9-15H,8H2,1-7H3/t15-/m1/s1. The SMILES string of the molecule is CCOC(=O)[C@@H](C)Oc1c(OC)cc(C=Nn2c(C(C)(C)C)nc3ccc(Br)cc3c2=O)cc1OC. The zero-order valence-corrected chi connectivity index (χ0v) is 23.0. The van der Waals surface area contributed by atoms with Crippen LogP contribution < -0.4 is 19.8 Å². The van der Waals surface area contributed by atoms with E-state index in [4.69, 9.17) is 23.9 Å². The van der Waals surface area contributed by atoms with Crippen LogP contribution in [0.25, 0.3) is 10.9 Å². The quantitative estimate of drug-likeness (QED) is 0.291. The third-order valence-electron chi connectivity index (χ3n) is 5.20. The number of ether oxygens (including phenoxy) is 4. The molecule has 1 atom stereocenters. The van der Waals surface area contributed by atoms with Crippen molar-refractivity contribution in [2.24, 2.45) is 5.10 Å². The van der Waals surface area contributed by atoms with E-state index in [1.807, 2.05) is 26.8 Å². The smallest absolute Gasteiger partial charge is 0.347 e. The zero-order chi connectivity index (χ0) is 26.6. The van der Waals surface area contributed by atoms with Crippen molar-refractivity contribution in [2.75, 3.05) is 20.8 Å². The number of halogens is 1. The Balaban J connectivity index is 2.09. The minimum atomic E-state index is -0.872. The molecule has 0 saturated heterocycles. The highest BCUT2D eigenvalue weighted by atomic mass is 79.9. The summed E-state index contributed by atoms with van der Waals surface area (Å²) < 4.78 is 23.9. The van der Waals surface area contributed by atoms with Gasteiger partial charge in [0.2, 0.25) is 5.75 Å². The molecule has 0 bridgehead atoms. The summed E-state index contributed by atoms with van der Waals surface area (Å²) in [4.78, 5) is 30.1. The first-order chi connectivity index (χ1) is 17.0. The summed E-state index contributed by atoms with van der Waals surface area (Å²) in [5.41, 5.74) is 0.444. The van der Waals surface area contributed by atoms with E-state index in [9.17, 15) is 9.59 Å². The predicted molar refractivity (Wildman–Crippen MR) is 142 cm³/mol. The summed E-state index contributed by atoms with van der Waals surface area (Å²) in [7, 11) is 2.95. The zero-order valence-electron chi connectivity index (χ0n) is 21.4. The van der Waals surface area contributed by atoms with Gasteiger partial charge >= 0.3 is 5.97 Å². The molecule has 10 heteroatoms. The second-order valence-electron chi connectivity index (χ2n) is 8.98. The molecule has 1 heterocycles. The van der Waals surface area contributed by atoms with Crippen LogP contribution in [0.4, 0.5) is 0 Å². The predicted octanol–water partition coefficient (Wildman–Crippen LogP) is 4.69. The van der Waals surface area contributed by atoms with Gasteiger partial charge in [0.25, 0.3) is 5.56 Å². The van der Waals surface area contributed by atoms with Gasteiger partial charge in [0.1, 0.15) is 5.82 Å². The van der Waals surface area contributed by atoms with Crippen molar-refractivity contribution in [3.8, 4) is 17.2 Å². The Kier molecular flexibility index (Phi) is 8.39. The number of nitrogens with zero attached hydrogens (tertiary/aromatic N) is 3. The molecule has 0 amide bonds. The molecule has 0 aliphatic rings. The molecular weight excluding hydrogens is 530 g/mol. The van der Waals surface area contributed by atoms with E-state index in [0.29, 0.717) is 33.8 Å². The Morgan fingerprint density at radius 3 is 2.36 bits per heavy atom. The van der Waals surface area contributed by atoms with Crippen LogP contribution in [0.1, 0.15) is 46.0 Å². The minimum absolute atomic E-state index is 0.243. The number of esters is 1. The first kappa shape index (κ1) is 27.2. The monoisotopic (exact) mass is 559 g/mol. The second-order valence-corrected chi connectivity index (χ2v) is 9.89. The summed E-state index contributed by atoms with van der Waals surface area (Å²) in [6.07, 6.45) is 0.648. The molecule has 0 saturated carbocycles. The molecule has 192 valence electrons. The van der Waals surface area contributed by atoms with Crippen LogP contribution in [0.2, 0.25) is 0 Å². The Labute approximate surface area is 218 Å². The number of aromatic nitrogens is 2. The lowest BCUT2D eigenvalue weighted by atomic mass is 9.95. The van der Waals surface area contributed by atoms with E-state index in [1.54, 1.807) is 38.1 Å². The highest BCUT2D eigenvalue weighted by molar-refractivity contribution is 9.10. The Bertz CT molecular complexity index is 1340. The molecule has 0 aliphatic carbocycles. The number of carbonyl (C=O) groups is 1. The summed E-state index contributed by atoms with van der Waals surface area (Å²) in [6, 6.07) is 8.72. The maximum absolute atomic E-state index is 13.4. The van der Waals surface area contributed by atoms with Gasteiger partial charge in [-0.15, -0.1) is 0 Å². The number of rotatable bonds is 8. The van der Waals surface area contributed by atoms with E-state index in [-0.39, 0.29) is 17.9 Å². The van der Waals surface area contributed by atoms with E-state index in [0.717, 1.165) is 4.47 Å². The van der Waals surface area contributed by atoms with Crippen LogP contribution in [0.5, 0.6) is 17.2 Å². The van der Waals surface area contributed by atoms with Gasteiger partial charge in [0.05, 0.1) is 37.9 Å². The minimum Gasteiger partial charge on any atom is -0.493 e. The molecule has 0 unspecified atom stereocenters. The highest BCUT2D eigenvalue weighted by Crippen LogP contribution is 2.39. The van der Waals surface area contributed by atoms with Gasteiger partial charge in [0, 0.05) is 15.5 Å². The molecular formula is C26H30BrN3O6. The van der Waals surface area contributed by atoms with E-state index in [2.05, 4.69) is 21.0 Å². The maximum atomic E-state index is 13.4. The third kappa shape index (κ3) is 5.87. The van der Waals surface area contributed by atoms with Crippen LogP contribution in [0.3, 0.4) is 0 Å². The Hall–Kier alpha value is -3.40. The third-order valence-corrected chi connectivity index (χ3v) is 5.69. The number of hydrogen-bond acceptors (Lipinski definition) is 8. The lowest BCUT2D eigenvalue weighted by molar-refractivity contribution is -0.150. The van der Waals surface area contributed by atoms with Crippen molar-refractivity contribution >= 4 is 39.0 Å². The van der Waals surface area contributed by atoms with Crippen molar-refractivity contribution in [1.29, 1.82) is 0 Å². The van der Waals surface area contributed by atoms with Crippen molar-refractivity contribution in [3.05, 3.63) is 56.5 Å². The molecule has 2 aromatic carbocycles. The van der Waals surface area contributed by atoms with Gasteiger partial charge in [-0.25, -0.2) is 9.78 Å². The Morgan fingerprint density at radius 2 is 1.81 bits per heavy atom. The first-order valence-corrected chi connectivity index (χ1v) is 12.2. The molecule has 0 fully saturated rings. The fourth-order valence-electron chi connectivity index (χ4n) is 3.44. The normalized spacial score (nSPS) is 12.6. The molecule has 0 spiro atoms. The number of hydrogen-bond donors (Lipinski definition) is 0. The fourth-order valence-corrected chi connectivity index (χ4v) is 3.80. The molecule has 0 radical (unpaired) electrons. The average molecular weight is 560 g/mol. The summed E-state index contributed by atoms with van der Waals surface area (Å²) in [5.74, 6) is 0.923. The Morgan fingerprint density at radius 1 is 1.17 bits per heavy atom. The van der Waals surface area contributed by atoms with Gasteiger partial charge in [0.15, 0.2) is 17.6 Å². The maximum Gasteiger partial charge on any atom is 0.347 e. The van der Waals surface area contributed by atoms with Gasteiger partial charge < -0.3 is 18.9 Å². The molecule has 36 heavy (non-hydrogen) atoms. The first-order valence-electron chi connectivity index (χ1n) is 11.4. The molecule has 0 aliphatic heterocycles. The number of benzene rings is 2. The van der Waals surface area contributed by atoms with Crippen molar-refractivity contribution in [2.45, 2.75) is 46.1 Å². The number of fused-ring (bicyclic) bond motifs is 1. The summed E-state index contributed by atoms with van der Waals surface area (Å²) in [5, 5.41) is 4.94. The number of carbonyl (C=O) groups excluding carboxylic acids is 1. The molecule has 3 aromatic rings. The molecule has 1 aromatic heterocycles. The van der Waals surface area contributed by atoms with Crippen molar-refractivity contribution < 1.29 is 23.7 Å². The van der Waals surface area contributed by atoms with Crippen LogP contribution >= 0.6 is 15.9 Å². The topological polar surface area (TPSA) is 101 Å². The molecule has 9 nitrogen and oxygen atoms in total.